The number of aliphatic hydroxyl groups excluding tert-OH is 1. The third-order valence-corrected chi connectivity index (χ3v) is 19.1. The molecule has 92 heavy (non-hydrogen) atoms. The number of esters is 4. The predicted octanol–water partition coefficient (Wildman–Crippen LogP) is 20.9. The van der Waals surface area contributed by atoms with E-state index in [1.807, 2.05) is 0 Å². The van der Waals surface area contributed by atoms with Crippen LogP contribution in [0.1, 0.15) is 364 Å². The summed E-state index contributed by atoms with van der Waals surface area (Å²) in [7, 11) is -9.91. The maximum absolute atomic E-state index is 13.1. The molecule has 3 unspecified atom stereocenters. The zero-order valence-corrected chi connectivity index (χ0v) is 62.0. The predicted molar refractivity (Wildman–Crippen MR) is 372 cm³/mol. The van der Waals surface area contributed by atoms with Crippen molar-refractivity contribution in [2.75, 3.05) is 39.6 Å². The topological polar surface area (TPSA) is 237 Å². The zero-order chi connectivity index (χ0) is 68.2. The van der Waals surface area contributed by atoms with Crippen molar-refractivity contribution in [3.8, 4) is 0 Å². The minimum atomic E-state index is -4.96. The molecule has 0 aliphatic heterocycles. The quantitative estimate of drug-likeness (QED) is 0.0222. The number of hydrogen-bond acceptors (Lipinski definition) is 15. The lowest BCUT2D eigenvalue weighted by molar-refractivity contribution is -0.161. The number of carbonyl (C=O) groups excluding carboxylic acids is 4. The lowest BCUT2D eigenvalue weighted by Crippen LogP contribution is -2.30. The van der Waals surface area contributed by atoms with Crippen LogP contribution in [0, 0.1) is 23.7 Å². The van der Waals surface area contributed by atoms with Gasteiger partial charge in [-0.25, -0.2) is 9.13 Å². The Bertz CT molecular complexity index is 1820. The summed E-state index contributed by atoms with van der Waals surface area (Å²) in [5.41, 5.74) is 0. The van der Waals surface area contributed by atoms with Crippen LogP contribution in [0.4, 0.5) is 0 Å². The largest absolute Gasteiger partial charge is 0.472 e. The van der Waals surface area contributed by atoms with Crippen LogP contribution < -0.4 is 0 Å². The van der Waals surface area contributed by atoms with Crippen molar-refractivity contribution in [3.05, 3.63) is 0 Å². The second-order valence-electron chi connectivity index (χ2n) is 28.0. The smallest absolute Gasteiger partial charge is 0.462 e. The first kappa shape index (κ1) is 90.1. The molecule has 0 rings (SSSR count). The molecule has 0 bridgehead atoms. The van der Waals surface area contributed by atoms with E-state index in [1.54, 1.807) is 0 Å². The van der Waals surface area contributed by atoms with Crippen LogP contribution >= 0.6 is 15.6 Å². The number of hydrogen-bond donors (Lipinski definition) is 3. The maximum Gasteiger partial charge on any atom is 0.472 e. The summed E-state index contributed by atoms with van der Waals surface area (Å²) in [6, 6.07) is 0. The van der Waals surface area contributed by atoms with E-state index >= 15 is 0 Å². The van der Waals surface area contributed by atoms with Gasteiger partial charge in [-0.1, -0.05) is 312 Å². The second-order valence-corrected chi connectivity index (χ2v) is 30.9. The fourth-order valence-electron chi connectivity index (χ4n) is 11.0. The maximum atomic E-state index is 13.1. The molecule has 0 aliphatic carbocycles. The summed E-state index contributed by atoms with van der Waals surface area (Å²) < 4.78 is 68.4. The van der Waals surface area contributed by atoms with Gasteiger partial charge in [0, 0.05) is 25.7 Å². The molecule has 0 aromatic carbocycles. The number of aliphatic hydroxyl groups is 1. The van der Waals surface area contributed by atoms with Crippen LogP contribution in [0.2, 0.25) is 0 Å². The molecule has 0 spiro atoms. The Morgan fingerprint density at radius 3 is 0.772 bits per heavy atom. The Kier molecular flexibility index (Phi) is 61.3. The first-order chi connectivity index (χ1) is 44.1. The lowest BCUT2D eigenvalue weighted by atomic mass is 9.99. The third kappa shape index (κ3) is 65.4. The molecular formula is C73H142O17P2. The van der Waals surface area contributed by atoms with Gasteiger partial charge in [0.15, 0.2) is 12.2 Å². The minimum absolute atomic E-state index is 0.105. The summed E-state index contributed by atoms with van der Waals surface area (Å²) in [4.78, 5) is 72.7. The van der Waals surface area contributed by atoms with Gasteiger partial charge in [-0.05, 0) is 49.4 Å². The van der Waals surface area contributed by atoms with Crippen LogP contribution in [0.5, 0.6) is 0 Å². The highest BCUT2D eigenvalue weighted by Crippen LogP contribution is 2.45. The van der Waals surface area contributed by atoms with Gasteiger partial charge in [-0.3, -0.25) is 37.3 Å². The molecule has 17 nitrogen and oxygen atoms in total. The van der Waals surface area contributed by atoms with Gasteiger partial charge in [0.1, 0.15) is 19.3 Å². The van der Waals surface area contributed by atoms with Gasteiger partial charge in [0.2, 0.25) is 0 Å². The minimum Gasteiger partial charge on any atom is -0.462 e. The highest BCUT2D eigenvalue weighted by Gasteiger charge is 2.30. The van der Waals surface area contributed by atoms with E-state index in [0.29, 0.717) is 31.6 Å². The van der Waals surface area contributed by atoms with Crippen molar-refractivity contribution in [2.45, 2.75) is 382 Å². The molecule has 6 atom stereocenters. The van der Waals surface area contributed by atoms with Crippen molar-refractivity contribution < 1.29 is 80.2 Å². The van der Waals surface area contributed by atoms with Crippen LogP contribution in [0.15, 0.2) is 0 Å². The molecule has 0 heterocycles. The third-order valence-electron chi connectivity index (χ3n) is 17.2. The molecule has 0 aliphatic rings. The molecule has 0 radical (unpaired) electrons. The fourth-order valence-corrected chi connectivity index (χ4v) is 12.6. The van der Waals surface area contributed by atoms with Gasteiger partial charge in [-0.2, -0.15) is 0 Å². The molecule has 0 amide bonds. The number of phosphoric acid groups is 2. The van der Waals surface area contributed by atoms with Crippen molar-refractivity contribution >= 4 is 39.5 Å². The van der Waals surface area contributed by atoms with Crippen LogP contribution in [0.25, 0.3) is 0 Å². The first-order valence-electron chi connectivity index (χ1n) is 37.7. The Morgan fingerprint density at radius 2 is 0.522 bits per heavy atom. The molecule has 0 aromatic rings. The molecule has 0 aromatic heterocycles. The number of ether oxygens (including phenoxy) is 4. The van der Waals surface area contributed by atoms with E-state index in [0.717, 1.165) is 114 Å². The molecule has 0 saturated carbocycles. The lowest BCUT2D eigenvalue weighted by Gasteiger charge is -2.21. The van der Waals surface area contributed by atoms with Gasteiger partial charge in [-0.15, -0.1) is 0 Å². The molecule has 0 fully saturated rings. The van der Waals surface area contributed by atoms with E-state index in [4.69, 9.17) is 37.0 Å². The highest BCUT2D eigenvalue weighted by molar-refractivity contribution is 7.47. The van der Waals surface area contributed by atoms with E-state index < -0.39 is 97.5 Å². The fraction of sp³-hybridized carbons (Fsp3) is 0.945. The highest BCUT2D eigenvalue weighted by atomic mass is 31.2. The number of phosphoric ester groups is 2. The average molecular weight is 1350 g/mol. The molecule has 0 saturated heterocycles. The average Bonchev–Trinajstić information content (AvgIpc) is 3.49. The molecule has 546 valence electrons. The molecular weight excluding hydrogens is 1210 g/mol. The van der Waals surface area contributed by atoms with Crippen molar-refractivity contribution in [3.63, 3.8) is 0 Å². The molecule has 3 N–H and O–H groups in total. The SMILES string of the molecule is CCC(C)CCCCCCCCCCCCC(=O)O[C@H](COC(=O)CCCCCCCCC(C)C)COP(=O)(O)OC[C@H](O)COP(=O)(O)OC[C@@H](COC(=O)CCCCCCCCCCCCC(C)C)OC(=O)CCCCCCCCCCCCCCCC(C)C. The Balaban J connectivity index is 5.25. The first-order valence-corrected chi connectivity index (χ1v) is 40.7. The van der Waals surface area contributed by atoms with Gasteiger partial charge in [0.05, 0.1) is 26.4 Å². The summed E-state index contributed by atoms with van der Waals surface area (Å²) in [6.07, 6.45) is 45.8. The van der Waals surface area contributed by atoms with E-state index in [1.165, 1.54) is 161 Å². The standard InChI is InChI=1S/C73H142O17P2/c1-9-66(8)52-44-36-27-21-16-18-24-30-40-48-56-73(78)90-69(60-84-71(76)54-46-38-32-31-35-43-51-65(6)7)62-88-92(81,82)86-58-67(74)57-85-91(79,80)87-61-68(59-83-70(75)53-45-37-28-22-17-15-20-26-34-42-50-64(4)5)89-72(77)55-47-39-29-23-14-12-10-11-13-19-25-33-41-49-63(2)3/h63-69,74H,9-62H2,1-8H3,(H,79,80)(H,81,82)/t66?,67-,68-,69-/m1/s1. The van der Waals surface area contributed by atoms with Crippen LogP contribution in [0.3, 0.4) is 0 Å². The summed E-state index contributed by atoms with van der Waals surface area (Å²) in [5.74, 6) is 0.901. The van der Waals surface area contributed by atoms with E-state index in [2.05, 4.69) is 55.4 Å². The Hall–Kier alpha value is -1.94. The number of unbranched alkanes of at least 4 members (excludes halogenated alkanes) is 35. The van der Waals surface area contributed by atoms with Crippen LogP contribution in [-0.2, 0) is 65.4 Å². The van der Waals surface area contributed by atoms with Gasteiger partial charge < -0.3 is 33.8 Å². The van der Waals surface area contributed by atoms with Gasteiger partial charge in [0.25, 0.3) is 0 Å². The van der Waals surface area contributed by atoms with Crippen molar-refractivity contribution in [1.82, 2.24) is 0 Å². The summed E-state index contributed by atoms with van der Waals surface area (Å²) in [5, 5.41) is 10.6. The Morgan fingerprint density at radius 1 is 0.304 bits per heavy atom. The molecule has 19 heteroatoms. The zero-order valence-electron chi connectivity index (χ0n) is 60.2. The van der Waals surface area contributed by atoms with Crippen molar-refractivity contribution in [2.24, 2.45) is 23.7 Å². The van der Waals surface area contributed by atoms with Crippen molar-refractivity contribution in [1.29, 1.82) is 0 Å². The number of carbonyl (C=O) groups is 4. The van der Waals surface area contributed by atoms with Crippen LogP contribution in [-0.4, -0.2) is 96.7 Å². The normalized spacial score (nSPS) is 14.5. The Labute approximate surface area is 562 Å². The number of rotatable bonds is 70. The van der Waals surface area contributed by atoms with Gasteiger partial charge >= 0.3 is 39.5 Å². The summed E-state index contributed by atoms with van der Waals surface area (Å²) in [6.45, 7) is 14.1. The van der Waals surface area contributed by atoms with E-state index in [-0.39, 0.29) is 25.7 Å². The van der Waals surface area contributed by atoms with E-state index in [9.17, 15) is 43.2 Å². The summed E-state index contributed by atoms with van der Waals surface area (Å²) >= 11 is 0. The monoisotopic (exact) mass is 1350 g/mol. The second kappa shape index (κ2) is 62.6.